The Hall–Kier alpha value is -2.83. The second-order valence-electron chi connectivity index (χ2n) is 7.81. The van der Waals surface area contributed by atoms with Gasteiger partial charge in [-0.2, -0.15) is 5.10 Å². The Morgan fingerprint density at radius 2 is 1.76 bits per heavy atom. The minimum atomic E-state index is -0.215. The van der Waals surface area contributed by atoms with E-state index in [0.717, 1.165) is 42.0 Å². The van der Waals surface area contributed by atoms with Gasteiger partial charge >= 0.3 is 0 Å². The number of rotatable bonds is 9. The number of H-pyrrole nitrogens is 1. The summed E-state index contributed by atoms with van der Waals surface area (Å²) in [7, 11) is 4.22. The number of benzene rings is 2. The highest BCUT2D eigenvalue weighted by molar-refractivity contribution is 6.33. The van der Waals surface area contributed by atoms with E-state index < -0.39 is 0 Å². The zero-order valence-corrected chi connectivity index (χ0v) is 21.3. The first-order valence-electron chi connectivity index (χ1n) is 11.5. The van der Waals surface area contributed by atoms with Crippen LogP contribution < -0.4 is 10.2 Å². The number of anilines is 1. The molecule has 3 rings (SSSR count). The Morgan fingerprint density at radius 1 is 1.06 bits per heavy atom. The lowest BCUT2D eigenvalue weighted by molar-refractivity contribution is 0.0946. The Morgan fingerprint density at radius 3 is 2.39 bits per heavy atom. The molecule has 1 heterocycles. The summed E-state index contributed by atoms with van der Waals surface area (Å²) in [5.41, 5.74) is 5.13. The fraction of sp³-hybridized carbons (Fsp3) is 0.385. The number of aromatic amines is 1. The maximum Gasteiger partial charge on any atom is 0.270 e. The van der Waals surface area contributed by atoms with E-state index in [-0.39, 0.29) is 5.91 Å². The Labute approximate surface area is 202 Å². The topological polar surface area (TPSA) is 64.3 Å². The van der Waals surface area contributed by atoms with Crippen LogP contribution >= 0.6 is 11.6 Å². The van der Waals surface area contributed by atoms with Crippen LogP contribution in [0.1, 0.15) is 42.4 Å². The summed E-state index contributed by atoms with van der Waals surface area (Å²) in [6.07, 6.45) is 1.63. The predicted octanol–water partition coefficient (Wildman–Crippen LogP) is 5.38. The van der Waals surface area contributed by atoms with Gasteiger partial charge < -0.3 is 15.1 Å². The first-order chi connectivity index (χ1) is 15.9. The summed E-state index contributed by atoms with van der Waals surface area (Å²) in [4.78, 5) is 17.3. The number of aryl methyl sites for hydroxylation is 1. The molecule has 0 saturated carbocycles. The van der Waals surface area contributed by atoms with Gasteiger partial charge in [0.1, 0.15) is 5.69 Å². The van der Waals surface area contributed by atoms with Crippen LogP contribution in [-0.2, 0) is 6.54 Å². The van der Waals surface area contributed by atoms with Crippen LogP contribution in [0.5, 0.6) is 0 Å². The first kappa shape index (κ1) is 26.4. The van der Waals surface area contributed by atoms with Crippen molar-refractivity contribution in [3.63, 3.8) is 0 Å². The van der Waals surface area contributed by atoms with Crippen molar-refractivity contribution in [1.82, 2.24) is 20.4 Å². The molecular formula is C26H36ClN5O. The number of likely N-dealkylation sites (N-methyl/N-ethyl adjacent to an activating group) is 2. The lowest BCUT2D eigenvalue weighted by atomic mass is 10.0. The zero-order chi connectivity index (χ0) is 24.4. The molecule has 2 aromatic carbocycles. The highest BCUT2D eigenvalue weighted by Crippen LogP contribution is 2.30. The molecule has 33 heavy (non-hydrogen) atoms. The Bertz CT molecular complexity index is 1020. The van der Waals surface area contributed by atoms with Crippen LogP contribution in [0.4, 0.5) is 5.69 Å². The van der Waals surface area contributed by atoms with Gasteiger partial charge in [-0.1, -0.05) is 56.6 Å². The molecule has 7 heteroatoms. The molecule has 0 unspecified atom stereocenters. The van der Waals surface area contributed by atoms with Gasteiger partial charge in [0.05, 0.1) is 6.20 Å². The first-order valence-corrected chi connectivity index (χ1v) is 11.8. The lowest BCUT2D eigenvalue weighted by Gasteiger charge is -2.23. The molecule has 2 N–H and O–H groups in total. The molecule has 0 bridgehead atoms. The summed E-state index contributed by atoms with van der Waals surface area (Å²) in [5, 5.41) is 10.4. The van der Waals surface area contributed by atoms with Crippen molar-refractivity contribution in [2.24, 2.45) is 0 Å². The third-order valence-corrected chi connectivity index (χ3v) is 5.78. The summed E-state index contributed by atoms with van der Waals surface area (Å²) >= 11 is 6.38. The van der Waals surface area contributed by atoms with Crippen LogP contribution in [0.15, 0.2) is 48.7 Å². The van der Waals surface area contributed by atoms with Crippen LogP contribution in [0.25, 0.3) is 11.1 Å². The van der Waals surface area contributed by atoms with Gasteiger partial charge in [-0.25, -0.2) is 0 Å². The third-order valence-electron chi connectivity index (χ3n) is 5.47. The van der Waals surface area contributed by atoms with E-state index in [1.54, 1.807) is 6.20 Å². The summed E-state index contributed by atoms with van der Waals surface area (Å²) in [6, 6.07) is 14.0. The summed E-state index contributed by atoms with van der Waals surface area (Å²) < 4.78 is 0. The van der Waals surface area contributed by atoms with E-state index in [9.17, 15) is 4.79 Å². The second kappa shape index (κ2) is 13.0. The molecule has 0 saturated heterocycles. The molecule has 0 fully saturated rings. The number of nitrogens with zero attached hydrogens (tertiary/aromatic N) is 3. The number of nitrogens with one attached hydrogen (secondary N) is 2. The second-order valence-corrected chi connectivity index (χ2v) is 8.22. The molecule has 1 aromatic heterocycles. The van der Waals surface area contributed by atoms with E-state index in [0.29, 0.717) is 22.8 Å². The number of halogens is 1. The number of hydrogen-bond donors (Lipinski definition) is 2. The van der Waals surface area contributed by atoms with E-state index in [1.807, 2.05) is 51.1 Å². The molecule has 0 radical (unpaired) electrons. The standard InChI is InChI=1S/C24H30ClN5O.C2H6/c1-5-29(3)12-13-30(4)19-9-7-18(8-10-19)15-26-24(31)23-21(16-27-28-23)20-11-6-17(2)14-22(20)25;1-2/h6-11,14,16H,5,12-13,15H2,1-4H3,(H,26,31)(H,27,28);1-2H3. The van der Waals surface area contributed by atoms with Gasteiger partial charge in [-0.3, -0.25) is 9.89 Å². The predicted molar refractivity (Wildman–Crippen MR) is 139 cm³/mol. The van der Waals surface area contributed by atoms with E-state index in [1.165, 1.54) is 0 Å². The normalized spacial score (nSPS) is 10.5. The average Bonchev–Trinajstić information content (AvgIpc) is 3.32. The molecule has 0 aliphatic heterocycles. The molecule has 6 nitrogen and oxygen atoms in total. The molecule has 3 aromatic rings. The van der Waals surface area contributed by atoms with Crippen molar-refractivity contribution in [3.8, 4) is 11.1 Å². The largest absolute Gasteiger partial charge is 0.373 e. The summed E-state index contributed by atoms with van der Waals surface area (Å²) in [6.45, 7) is 11.6. The maximum absolute atomic E-state index is 12.8. The number of hydrogen-bond acceptors (Lipinski definition) is 4. The fourth-order valence-electron chi connectivity index (χ4n) is 3.25. The van der Waals surface area contributed by atoms with Gasteiger partial charge in [0.15, 0.2) is 0 Å². The van der Waals surface area contributed by atoms with Crippen molar-refractivity contribution in [2.75, 3.05) is 38.6 Å². The summed E-state index contributed by atoms with van der Waals surface area (Å²) in [5.74, 6) is -0.215. The Kier molecular flexibility index (Phi) is 10.4. The van der Waals surface area contributed by atoms with Crippen molar-refractivity contribution >= 4 is 23.2 Å². The molecule has 0 aliphatic rings. The van der Waals surface area contributed by atoms with E-state index in [4.69, 9.17) is 11.6 Å². The maximum atomic E-state index is 12.8. The number of amides is 1. The van der Waals surface area contributed by atoms with Crippen molar-refractivity contribution in [1.29, 1.82) is 0 Å². The minimum absolute atomic E-state index is 0.215. The monoisotopic (exact) mass is 469 g/mol. The molecule has 178 valence electrons. The zero-order valence-electron chi connectivity index (χ0n) is 20.6. The third kappa shape index (κ3) is 7.34. The average molecular weight is 470 g/mol. The van der Waals surface area contributed by atoms with Gasteiger partial charge in [-0.15, -0.1) is 0 Å². The minimum Gasteiger partial charge on any atom is -0.373 e. The number of carbonyl (C=O) groups is 1. The van der Waals surface area contributed by atoms with Gasteiger partial charge in [0.2, 0.25) is 0 Å². The number of aromatic nitrogens is 2. The van der Waals surface area contributed by atoms with Crippen LogP contribution in [0.2, 0.25) is 5.02 Å². The van der Waals surface area contributed by atoms with Gasteiger partial charge in [0.25, 0.3) is 5.91 Å². The Balaban J connectivity index is 0.00000187. The van der Waals surface area contributed by atoms with Crippen LogP contribution in [0, 0.1) is 6.92 Å². The van der Waals surface area contributed by atoms with Crippen LogP contribution in [0.3, 0.4) is 0 Å². The van der Waals surface area contributed by atoms with Crippen molar-refractivity contribution < 1.29 is 4.79 Å². The highest BCUT2D eigenvalue weighted by atomic mass is 35.5. The van der Waals surface area contributed by atoms with Gasteiger partial charge in [-0.05, 0) is 49.8 Å². The number of carbonyl (C=O) groups excluding carboxylic acids is 1. The highest BCUT2D eigenvalue weighted by Gasteiger charge is 2.17. The molecule has 0 aliphatic carbocycles. The molecule has 1 amide bonds. The lowest BCUT2D eigenvalue weighted by Crippen LogP contribution is -2.30. The van der Waals surface area contributed by atoms with Gasteiger partial charge in [0, 0.05) is 48.5 Å². The van der Waals surface area contributed by atoms with Crippen molar-refractivity contribution in [3.05, 3.63) is 70.5 Å². The van der Waals surface area contributed by atoms with Crippen molar-refractivity contribution in [2.45, 2.75) is 34.2 Å². The fourth-order valence-corrected chi connectivity index (χ4v) is 3.59. The SMILES string of the molecule is CC.CCN(C)CCN(C)c1ccc(CNC(=O)c2[nH]ncc2-c2ccc(C)cc2Cl)cc1. The van der Waals surface area contributed by atoms with E-state index in [2.05, 4.69) is 58.5 Å². The van der Waals surface area contributed by atoms with E-state index >= 15 is 0 Å². The smallest absolute Gasteiger partial charge is 0.270 e. The molecule has 0 atom stereocenters. The molecule has 0 spiro atoms. The quantitative estimate of drug-likeness (QED) is 0.441. The molecular weight excluding hydrogens is 434 g/mol. The van der Waals surface area contributed by atoms with Crippen LogP contribution in [-0.4, -0.2) is 54.7 Å².